The molecule has 9 nitrogen and oxygen atoms in total. The summed E-state index contributed by atoms with van der Waals surface area (Å²) in [5, 5.41) is 3.95. The molecule has 0 spiro atoms. The zero-order chi connectivity index (χ0) is 20.9. The van der Waals surface area contributed by atoms with Crippen molar-refractivity contribution < 1.29 is 17.4 Å². The predicted molar refractivity (Wildman–Crippen MR) is 108 cm³/mol. The van der Waals surface area contributed by atoms with Crippen LogP contribution in [0.25, 0.3) is 11.1 Å². The van der Waals surface area contributed by atoms with Gasteiger partial charge in [0.25, 0.3) is 0 Å². The van der Waals surface area contributed by atoms with Crippen molar-refractivity contribution in [2.45, 2.75) is 68.8 Å². The molecule has 1 aromatic carbocycles. The minimum atomic E-state index is -3.65. The summed E-state index contributed by atoms with van der Waals surface area (Å²) in [4.78, 5) is 16.9. The molecule has 2 fully saturated rings. The number of oxazole rings is 1. The molecule has 160 valence electrons. The van der Waals surface area contributed by atoms with Crippen molar-refractivity contribution in [2.24, 2.45) is 0 Å². The summed E-state index contributed by atoms with van der Waals surface area (Å²) < 4.78 is 40.0. The van der Waals surface area contributed by atoms with E-state index in [1.54, 1.807) is 10.4 Å². The van der Waals surface area contributed by atoms with Crippen molar-refractivity contribution in [3.8, 4) is 0 Å². The van der Waals surface area contributed by atoms with Crippen LogP contribution >= 0.6 is 0 Å². The number of nitrogens with zero attached hydrogens (tertiary/aromatic N) is 4. The first-order chi connectivity index (χ1) is 14.5. The zero-order valence-corrected chi connectivity index (χ0v) is 17.6. The Hall–Kier alpha value is -2.46. The quantitative estimate of drug-likeness (QED) is 0.589. The van der Waals surface area contributed by atoms with Gasteiger partial charge in [-0.2, -0.15) is 9.29 Å². The molecule has 3 heterocycles. The highest BCUT2D eigenvalue weighted by atomic mass is 32.2. The monoisotopic (exact) mass is 432 g/mol. The molecule has 1 aliphatic carbocycles. The predicted octanol–water partition coefficient (Wildman–Crippen LogP) is 2.86. The van der Waals surface area contributed by atoms with E-state index in [0.717, 1.165) is 38.5 Å². The summed E-state index contributed by atoms with van der Waals surface area (Å²) in [5.74, 6) is 0.754. The third kappa shape index (κ3) is 3.37. The SMILES string of the molecule is CCC1CCCCN1S(=O)(=O)c1ccc2c(c1)oc(=O)n2Cc1noc(C2CC2)n1. The minimum absolute atomic E-state index is 0.00922. The van der Waals surface area contributed by atoms with E-state index in [-0.39, 0.29) is 23.1 Å². The molecular formula is C20H24N4O5S. The molecule has 0 amide bonds. The molecule has 3 aromatic rings. The van der Waals surface area contributed by atoms with E-state index >= 15 is 0 Å². The standard InChI is InChI=1S/C20H24N4O5S/c1-2-14-5-3-4-10-24(14)30(26,27)15-8-9-16-17(11-15)28-20(25)23(16)12-18-21-19(29-22-18)13-6-7-13/h8-9,11,13-14H,2-7,10,12H2,1H3. The van der Waals surface area contributed by atoms with Gasteiger partial charge < -0.3 is 8.94 Å². The zero-order valence-electron chi connectivity index (χ0n) is 16.8. The van der Waals surface area contributed by atoms with Gasteiger partial charge in [0, 0.05) is 24.6 Å². The van der Waals surface area contributed by atoms with E-state index in [2.05, 4.69) is 10.1 Å². The highest BCUT2D eigenvalue weighted by Crippen LogP contribution is 2.38. The van der Waals surface area contributed by atoms with Gasteiger partial charge in [-0.05, 0) is 44.2 Å². The van der Waals surface area contributed by atoms with Crippen molar-refractivity contribution >= 4 is 21.1 Å². The second-order valence-corrected chi connectivity index (χ2v) is 9.97. The van der Waals surface area contributed by atoms with Gasteiger partial charge in [0.05, 0.1) is 17.0 Å². The second-order valence-electron chi connectivity index (χ2n) is 8.08. The number of sulfonamides is 1. The molecule has 1 atom stereocenters. The largest absolute Gasteiger partial charge is 0.420 e. The minimum Gasteiger partial charge on any atom is -0.408 e. The fourth-order valence-corrected chi connectivity index (χ4v) is 5.94. The third-order valence-electron chi connectivity index (χ3n) is 6.00. The van der Waals surface area contributed by atoms with Crippen LogP contribution in [-0.4, -0.2) is 40.0 Å². The molecule has 1 unspecified atom stereocenters. The normalized spacial score (nSPS) is 20.8. The van der Waals surface area contributed by atoms with Crippen molar-refractivity contribution in [3.63, 3.8) is 0 Å². The van der Waals surface area contributed by atoms with Gasteiger partial charge in [-0.15, -0.1) is 0 Å². The Morgan fingerprint density at radius 3 is 2.80 bits per heavy atom. The number of rotatable bonds is 6. The van der Waals surface area contributed by atoms with E-state index in [9.17, 15) is 13.2 Å². The number of benzene rings is 1. The van der Waals surface area contributed by atoms with Crippen LogP contribution in [-0.2, 0) is 16.6 Å². The van der Waals surface area contributed by atoms with E-state index in [0.29, 0.717) is 29.7 Å². The fraction of sp³-hybridized carbons (Fsp3) is 0.550. The lowest BCUT2D eigenvalue weighted by molar-refractivity contribution is 0.246. The van der Waals surface area contributed by atoms with E-state index in [1.165, 1.54) is 16.7 Å². The van der Waals surface area contributed by atoms with Gasteiger partial charge in [0.1, 0.15) is 0 Å². The number of aromatic nitrogens is 3. The Kier molecular flexibility index (Phi) is 4.78. The average Bonchev–Trinajstić information content (AvgIpc) is 3.42. The summed E-state index contributed by atoms with van der Waals surface area (Å²) in [6.45, 7) is 2.64. The molecule has 0 radical (unpaired) electrons. The first-order valence-electron chi connectivity index (χ1n) is 10.4. The third-order valence-corrected chi connectivity index (χ3v) is 7.95. The van der Waals surface area contributed by atoms with Crippen LogP contribution in [0.15, 0.2) is 36.8 Å². The molecule has 0 bridgehead atoms. The highest BCUT2D eigenvalue weighted by Gasteiger charge is 2.33. The Balaban J connectivity index is 1.47. The highest BCUT2D eigenvalue weighted by molar-refractivity contribution is 7.89. The van der Waals surface area contributed by atoms with Crippen LogP contribution in [0.4, 0.5) is 0 Å². The maximum absolute atomic E-state index is 13.2. The van der Waals surface area contributed by atoms with E-state index in [4.69, 9.17) is 8.94 Å². The molecule has 1 saturated heterocycles. The molecule has 2 aliphatic rings. The molecule has 2 aromatic heterocycles. The lowest BCUT2D eigenvalue weighted by atomic mass is 10.0. The van der Waals surface area contributed by atoms with Gasteiger partial charge in [0.15, 0.2) is 11.4 Å². The Labute approximate surface area is 173 Å². The first kappa shape index (κ1) is 19.5. The van der Waals surface area contributed by atoms with Crippen LogP contribution in [0.1, 0.15) is 63.1 Å². The molecule has 5 rings (SSSR count). The maximum Gasteiger partial charge on any atom is 0.420 e. The maximum atomic E-state index is 13.2. The molecular weight excluding hydrogens is 408 g/mol. The van der Waals surface area contributed by atoms with E-state index < -0.39 is 15.8 Å². The molecule has 30 heavy (non-hydrogen) atoms. The summed E-state index contributed by atoms with van der Waals surface area (Å²) in [7, 11) is -3.65. The van der Waals surface area contributed by atoms with Crippen LogP contribution in [0, 0.1) is 0 Å². The lowest BCUT2D eigenvalue weighted by Crippen LogP contribution is -2.43. The summed E-state index contributed by atoms with van der Waals surface area (Å²) >= 11 is 0. The van der Waals surface area contributed by atoms with Crippen LogP contribution in [0.3, 0.4) is 0 Å². The average molecular weight is 433 g/mol. The number of piperidine rings is 1. The number of hydrogen-bond acceptors (Lipinski definition) is 7. The summed E-state index contributed by atoms with van der Waals surface area (Å²) in [5.41, 5.74) is 0.736. The van der Waals surface area contributed by atoms with Crippen LogP contribution < -0.4 is 5.76 Å². The summed E-state index contributed by atoms with van der Waals surface area (Å²) in [6, 6.07) is 4.60. The first-order valence-corrected chi connectivity index (χ1v) is 11.9. The molecule has 1 aliphatic heterocycles. The summed E-state index contributed by atoms with van der Waals surface area (Å²) in [6.07, 6.45) is 5.64. The Bertz CT molecular complexity index is 1240. The molecule has 10 heteroatoms. The second kappa shape index (κ2) is 7.35. The van der Waals surface area contributed by atoms with Gasteiger partial charge in [-0.25, -0.2) is 13.2 Å². The number of hydrogen-bond donors (Lipinski definition) is 0. The Morgan fingerprint density at radius 2 is 2.03 bits per heavy atom. The fourth-order valence-electron chi connectivity index (χ4n) is 4.16. The smallest absolute Gasteiger partial charge is 0.408 e. The van der Waals surface area contributed by atoms with E-state index in [1.807, 2.05) is 6.92 Å². The lowest BCUT2D eigenvalue weighted by Gasteiger charge is -2.34. The van der Waals surface area contributed by atoms with Crippen LogP contribution in [0.5, 0.6) is 0 Å². The Morgan fingerprint density at radius 1 is 1.20 bits per heavy atom. The topological polar surface area (TPSA) is 111 Å². The van der Waals surface area contributed by atoms with Crippen molar-refractivity contribution in [1.29, 1.82) is 0 Å². The van der Waals surface area contributed by atoms with Crippen molar-refractivity contribution in [2.75, 3.05) is 6.54 Å². The van der Waals surface area contributed by atoms with Crippen LogP contribution in [0.2, 0.25) is 0 Å². The molecule has 1 saturated carbocycles. The number of fused-ring (bicyclic) bond motifs is 1. The van der Waals surface area contributed by atoms with Gasteiger partial charge in [-0.3, -0.25) is 4.57 Å². The van der Waals surface area contributed by atoms with Gasteiger partial charge in [0.2, 0.25) is 15.9 Å². The van der Waals surface area contributed by atoms with Gasteiger partial charge >= 0.3 is 5.76 Å². The van der Waals surface area contributed by atoms with Crippen molar-refractivity contribution in [1.82, 2.24) is 19.0 Å². The van der Waals surface area contributed by atoms with Gasteiger partial charge in [-0.1, -0.05) is 18.5 Å². The molecule has 0 N–H and O–H groups in total. The van der Waals surface area contributed by atoms with Crippen molar-refractivity contribution in [3.05, 3.63) is 40.5 Å².